The van der Waals surface area contributed by atoms with Crippen LogP contribution in [-0.4, -0.2) is 47.3 Å². The molecule has 3 rings (SSSR count). The van der Waals surface area contributed by atoms with Crippen LogP contribution in [0.15, 0.2) is 51.1 Å². The third kappa shape index (κ3) is 4.66. The summed E-state index contributed by atoms with van der Waals surface area (Å²) in [5.41, 5.74) is 1.67. The van der Waals surface area contributed by atoms with Crippen molar-refractivity contribution < 1.29 is 19.4 Å². The standard InChI is InChI=1S/C19H18BrN3O4S/c1-26-16-6-4-13(7-14(16)20)10-23-18(25)11-28-19(23)22-21-9-12-3-5-15(24)17(8-12)27-2/h3-9,24H,10-11H2,1-2H3/b21-9+,22-19-. The second-order valence-electron chi connectivity index (χ2n) is 5.80. The maximum absolute atomic E-state index is 12.2. The smallest absolute Gasteiger partial charge is 0.239 e. The van der Waals surface area contributed by atoms with Crippen molar-refractivity contribution in [3.05, 3.63) is 52.0 Å². The van der Waals surface area contributed by atoms with Gasteiger partial charge in [-0.15, -0.1) is 5.10 Å². The fourth-order valence-electron chi connectivity index (χ4n) is 2.54. The molecule has 0 unspecified atom stereocenters. The van der Waals surface area contributed by atoms with E-state index in [0.717, 1.165) is 21.3 Å². The third-order valence-corrected chi connectivity index (χ3v) is 5.54. The van der Waals surface area contributed by atoms with Gasteiger partial charge in [-0.25, -0.2) is 0 Å². The summed E-state index contributed by atoms with van der Waals surface area (Å²) in [6.07, 6.45) is 1.54. The number of phenolic OH excluding ortho intramolecular Hbond substituents is 1. The molecular formula is C19H18BrN3O4S. The summed E-state index contributed by atoms with van der Waals surface area (Å²) in [5.74, 6) is 1.46. The molecule has 1 amide bonds. The second kappa shape index (κ2) is 9.11. The number of ether oxygens (including phenoxy) is 2. The minimum atomic E-state index is -0.0165. The Morgan fingerprint density at radius 3 is 2.71 bits per heavy atom. The maximum atomic E-state index is 12.2. The van der Waals surface area contributed by atoms with Gasteiger partial charge in [0.2, 0.25) is 5.91 Å². The molecule has 1 heterocycles. The van der Waals surface area contributed by atoms with Gasteiger partial charge in [-0.3, -0.25) is 9.69 Å². The molecule has 1 saturated heterocycles. The number of nitrogens with zero attached hydrogens (tertiary/aromatic N) is 3. The zero-order chi connectivity index (χ0) is 20.1. The molecule has 2 aromatic carbocycles. The summed E-state index contributed by atoms with van der Waals surface area (Å²) < 4.78 is 11.1. The summed E-state index contributed by atoms with van der Waals surface area (Å²) in [6, 6.07) is 10.5. The van der Waals surface area contributed by atoms with Crippen molar-refractivity contribution in [1.29, 1.82) is 0 Å². The average molecular weight is 464 g/mol. The number of benzene rings is 2. The molecule has 0 aliphatic carbocycles. The summed E-state index contributed by atoms with van der Waals surface area (Å²) in [4.78, 5) is 13.8. The van der Waals surface area contributed by atoms with Crippen LogP contribution in [0, 0.1) is 0 Å². The molecule has 1 aliphatic rings. The normalized spacial score (nSPS) is 15.6. The fourth-order valence-corrected chi connectivity index (χ4v) is 3.96. The molecule has 0 saturated carbocycles. The third-order valence-electron chi connectivity index (χ3n) is 3.97. The highest BCUT2D eigenvalue weighted by molar-refractivity contribution is 9.10. The number of hydrogen-bond acceptors (Lipinski definition) is 7. The quantitative estimate of drug-likeness (QED) is 0.522. The highest BCUT2D eigenvalue weighted by Crippen LogP contribution is 2.28. The SMILES string of the molecule is COc1cc(/C=N/N=C2\SCC(=O)N2Cc2ccc(OC)c(Br)c2)ccc1O. The van der Waals surface area contributed by atoms with Gasteiger partial charge < -0.3 is 14.6 Å². The summed E-state index contributed by atoms with van der Waals surface area (Å²) >= 11 is 4.80. The van der Waals surface area contributed by atoms with Crippen LogP contribution in [0.3, 0.4) is 0 Å². The first-order valence-corrected chi connectivity index (χ1v) is 10.0. The number of carbonyl (C=O) groups excluding carboxylic acids is 1. The first kappa shape index (κ1) is 20.2. The van der Waals surface area contributed by atoms with E-state index < -0.39 is 0 Å². The molecule has 1 N–H and O–H groups in total. The van der Waals surface area contributed by atoms with Crippen molar-refractivity contribution in [2.45, 2.75) is 6.54 Å². The number of phenols is 1. The highest BCUT2D eigenvalue weighted by atomic mass is 79.9. The van der Waals surface area contributed by atoms with E-state index >= 15 is 0 Å². The van der Waals surface area contributed by atoms with E-state index in [1.807, 2.05) is 18.2 Å². The van der Waals surface area contributed by atoms with Gasteiger partial charge in [0.25, 0.3) is 0 Å². The van der Waals surface area contributed by atoms with Crippen molar-refractivity contribution in [2.75, 3.05) is 20.0 Å². The molecule has 0 aromatic heterocycles. The molecule has 2 aromatic rings. The van der Waals surface area contributed by atoms with Crippen LogP contribution in [0.1, 0.15) is 11.1 Å². The van der Waals surface area contributed by atoms with Gasteiger partial charge in [0, 0.05) is 0 Å². The Morgan fingerprint density at radius 1 is 1.21 bits per heavy atom. The Labute approximate surface area is 175 Å². The zero-order valence-electron chi connectivity index (χ0n) is 15.3. The zero-order valence-corrected chi connectivity index (χ0v) is 17.7. The van der Waals surface area contributed by atoms with Crippen molar-refractivity contribution >= 4 is 45.0 Å². The second-order valence-corrected chi connectivity index (χ2v) is 7.59. The molecule has 0 bridgehead atoms. The Kier molecular flexibility index (Phi) is 6.58. The van der Waals surface area contributed by atoms with Crippen molar-refractivity contribution in [1.82, 2.24) is 4.90 Å². The highest BCUT2D eigenvalue weighted by Gasteiger charge is 2.28. The number of rotatable bonds is 6. The number of amides is 1. The average Bonchev–Trinajstić information content (AvgIpc) is 3.03. The van der Waals surface area contributed by atoms with E-state index in [9.17, 15) is 9.90 Å². The molecule has 28 heavy (non-hydrogen) atoms. The Bertz CT molecular complexity index is 949. The van der Waals surface area contributed by atoms with E-state index in [4.69, 9.17) is 9.47 Å². The lowest BCUT2D eigenvalue weighted by atomic mass is 10.2. The topological polar surface area (TPSA) is 83.7 Å². The van der Waals surface area contributed by atoms with E-state index in [2.05, 4.69) is 26.1 Å². The minimum absolute atomic E-state index is 0.0165. The number of thioether (sulfide) groups is 1. The predicted molar refractivity (Wildman–Crippen MR) is 113 cm³/mol. The van der Waals surface area contributed by atoms with Gasteiger partial charge >= 0.3 is 0 Å². The Morgan fingerprint density at radius 2 is 2.00 bits per heavy atom. The monoisotopic (exact) mass is 463 g/mol. The van der Waals surface area contributed by atoms with Gasteiger partial charge in [-0.1, -0.05) is 17.8 Å². The van der Waals surface area contributed by atoms with Gasteiger partial charge in [0.05, 0.1) is 37.2 Å². The molecule has 1 aliphatic heterocycles. The summed E-state index contributed by atoms with van der Waals surface area (Å²) in [6.45, 7) is 0.399. The van der Waals surface area contributed by atoms with E-state index in [0.29, 0.717) is 23.2 Å². The lowest BCUT2D eigenvalue weighted by Crippen LogP contribution is -2.28. The number of hydrogen-bond donors (Lipinski definition) is 1. The van der Waals surface area contributed by atoms with Gasteiger partial charge in [-0.2, -0.15) is 5.10 Å². The molecule has 146 valence electrons. The number of aromatic hydroxyl groups is 1. The van der Waals surface area contributed by atoms with Crippen LogP contribution in [0.4, 0.5) is 0 Å². The molecule has 0 spiro atoms. The van der Waals surface area contributed by atoms with E-state index in [1.54, 1.807) is 30.4 Å². The Balaban J connectivity index is 1.75. The maximum Gasteiger partial charge on any atom is 0.239 e. The van der Waals surface area contributed by atoms with Crippen LogP contribution in [0.2, 0.25) is 0 Å². The van der Waals surface area contributed by atoms with Gasteiger partial charge in [-0.05, 0) is 57.4 Å². The van der Waals surface area contributed by atoms with Gasteiger partial charge in [0.15, 0.2) is 16.7 Å². The first-order chi connectivity index (χ1) is 13.5. The molecule has 1 fully saturated rings. The van der Waals surface area contributed by atoms with Crippen molar-refractivity contribution in [3.8, 4) is 17.2 Å². The number of methoxy groups -OCH3 is 2. The van der Waals surface area contributed by atoms with Crippen LogP contribution in [-0.2, 0) is 11.3 Å². The Hall–Kier alpha value is -2.52. The number of halogens is 1. The van der Waals surface area contributed by atoms with Crippen LogP contribution in [0.25, 0.3) is 0 Å². The summed E-state index contributed by atoms with van der Waals surface area (Å²) in [7, 11) is 3.08. The lowest BCUT2D eigenvalue weighted by Gasteiger charge is -2.16. The van der Waals surface area contributed by atoms with Crippen molar-refractivity contribution in [3.63, 3.8) is 0 Å². The van der Waals surface area contributed by atoms with Crippen LogP contribution in [0.5, 0.6) is 17.2 Å². The molecular weight excluding hydrogens is 446 g/mol. The van der Waals surface area contributed by atoms with Gasteiger partial charge in [0.1, 0.15) is 5.75 Å². The van der Waals surface area contributed by atoms with Crippen LogP contribution >= 0.6 is 27.7 Å². The lowest BCUT2D eigenvalue weighted by molar-refractivity contribution is -0.124. The first-order valence-electron chi connectivity index (χ1n) is 8.25. The molecule has 0 atom stereocenters. The van der Waals surface area contributed by atoms with Crippen molar-refractivity contribution in [2.24, 2.45) is 10.2 Å². The van der Waals surface area contributed by atoms with Crippen LogP contribution < -0.4 is 9.47 Å². The van der Waals surface area contributed by atoms with E-state index in [-0.39, 0.29) is 11.7 Å². The molecule has 9 heteroatoms. The molecule has 0 radical (unpaired) electrons. The molecule has 7 nitrogen and oxygen atoms in total. The number of carbonyl (C=O) groups is 1. The summed E-state index contributed by atoms with van der Waals surface area (Å²) in [5, 5.41) is 18.5. The van der Waals surface area contributed by atoms with E-state index in [1.165, 1.54) is 24.9 Å². The minimum Gasteiger partial charge on any atom is -0.504 e. The largest absolute Gasteiger partial charge is 0.504 e. The number of amidine groups is 1. The predicted octanol–water partition coefficient (Wildman–Crippen LogP) is 3.64. The fraction of sp³-hybridized carbons (Fsp3) is 0.211.